The Morgan fingerprint density at radius 2 is 2.18 bits per heavy atom. The highest BCUT2D eigenvalue weighted by atomic mass is 32.2. The second kappa shape index (κ2) is 11.1. The van der Waals surface area contributed by atoms with Crippen molar-refractivity contribution in [3.63, 3.8) is 0 Å². The lowest BCUT2D eigenvalue weighted by Crippen LogP contribution is -2.32. The molecule has 3 aromatic rings. The molecule has 12 heteroatoms. The van der Waals surface area contributed by atoms with E-state index in [1.54, 1.807) is 6.07 Å². The van der Waals surface area contributed by atoms with Gasteiger partial charge in [0.2, 0.25) is 0 Å². The summed E-state index contributed by atoms with van der Waals surface area (Å²) in [5.74, 6) is -1.16. The molecule has 0 spiro atoms. The molecule has 1 aliphatic carbocycles. The number of nitrogens with zero attached hydrogens (tertiary/aromatic N) is 5. The molecule has 0 bridgehead atoms. The first-order chi connectivity index (χ1) is 18.9. The van der Waals surface area contributed by atoms with E-state index in [2.05, 4.69) is 38.3 Å². The van der Waals surface area contributed by atoms with Gasteiger partial charge in [0.05, 0.1) is 16.5 Å². The summed E-state index contributed by atoms with van der Waals surface area (Å²) >= 11 is 1.42. The van der Waals surface area contributed by atoms with E-state index in [1.165, 1.54) is 34.7 Å². The van der Waals surface area contributed by atoms with Crippen LogP contribution in [0.5, 0.6) is 0 Å². The van der Waals surface area contributed by atoms with E-state index in [0.29, 0.717) is 36.3 Å². The molecule has 2 amide bonds. The number of hydrogen-bond acceptors (Lipinski definition) is 9. The molecular weight excluding hydrogens is 518 g/mol. The topological polar surface area (TPSA) is 151 Å². The minimum absolute atomic E-state index is 0.0439. The van der Waals surface area contributed by atoms with Gasteiger partial charge >= 0.3 is 5.97 Å². The van der Waals surface area contributed by atoms with Crippen LogP contribution in [0.2, 0.25) is 0 Å². The molecule has 3 heterocycles. The second-order valence-corrected chi connectivity index (χ2v) is 10.5. The summed E-state index contributed by atoms with van der Waals surface area (Å²) in [7, 11) is 0. The van der Waals surface area contributed by atoms with Crippen molar-refractivity contribution >= 4 is 35.3 Å². The van der Waals surface area contributed by atoms with Gasteiger partial charge in [-0.1, -0.05) is 24.8 Å². The fraction of sp³-hybridized carbons (Fsp3) is 0.296. The average molecular weight is 544 g/mol. The largest absolute Gasteiger partial charge is 0.458 e. The Kier molecular flexibility index (Phi) is 7.42. The number of allylic oxidation sites excluding steroid dienone is 2. The Morgan fingerprint density at radius 3 is 2.95 bits per heavy atom. The first-order valence-corrected chi connectivity index (χ1v) is 13.2. The number of amides is 2. The highest BCUT2D eigenvalue weighted by molar-refractivity contribution is 8.04. The first-order valence-electron chi connectivity index (χ1n) is 12.4. The van der Waals surface area contributed by atoms with E-state index in [-0.39, 0.29) is 35.1 Å². The molecule has 0 saturated carbocycles. The molecule has 5 rings (SSSR count). The molecule has 1 aromatic carbocycles. The molecule has 0 fully saturated rings. The number of carbonyl (C=O) groups excluding carboxylic acids is 3. The summed E-state index contributed by atoms with van der Waals surface area (Å²) in [6, 6.07) is 6.79. The van der Waals surface area contributed by atoms with E-state index >= 15 is 0 Å². The number of nitriles is 1. The van der Waals surface area contributed by atoms with Crippen molar-refractivity contribution in [2.24, 2.45) is 0 Å². The molecule has 1 unspecified atom stereocenters. The summed E-state index contributed by atoms with van der Waals surface area (Å²) < 4.78 is 6.48. The van der Waals surface area contributed by atoms with E-state index in [0.717, 1.165) is 16.7 Å². The maximum Gasteiger partial charge on any atom is 0.338 e. The molecule has 39 heavy (non-hydrogen) atoms. The molecule has 2 N–H and O–H groups in total. The van der Waals surface area contributed by atoms with Gasteiger partial charge in [-0.3, -0.25) is 9.59 Å². The number of thioether (sulfide) groups is 1. The van der Waals surface area contributed by atoms with Gasteiger partial charge in [0, 0.05) is 17.9 Å². The molecule has 0 radical (unpaired) electrons. The Bertz CT molecular complexity index is 1570. The number of nitrogens with one attached hydrogen (secondary N) is 2. The maximum absolute atomic E-state index is 13.4. The van der Waals surface area contributed by atoms with Crippen molar-refractivity contribution in [2.45, 2.75) is 37.5 Å². The van der Waals surface area contributed by atoms with Crippen molar-refractivity contribution in [1.29, 1.82) is 5.26 Å². The summed E-state index contributed by atoms with van der Waals surface area (Å²) in [5.41, 5.74) is 3.43. The zero-order valence-electron chi connectivity index (χ0n) is 21.1. The number of hydrogen-bond donors (Lipinski definition) is 2. The molecule has 0 saturated heterocycles. The minimum atomic E-state index is -0.446. The van der Waals surface area contributed by atoms with Crippen LogP contribution in [0.3, 0.4) is 0 Å². The predicted octanol–water partition coefficient (Wildman–Crippen LogP) is 2.84. The summed E-state index contributed by atoms with van der Waals surface area (Å²) in [4.78, 5) is 47.7. The first kappa shape index (κ1) is 26.1. The van der Waals surface area contributed by atoms with Crippen molar-refractivity contribution in [3.8, 4) is 6.07 Å². The SMILES string of the molecule is C=CCOC(=O)c1ccc2c(c1C)CC[C@@H]2NC(=O)c1cc(C(=O)NCC2CC=C(C#N)S2)nc2ncnn12. The van der Waals surface area contributed by atoms with Gasteiger partial charge in [0.15, 0.2) is 0 Å². The number of esters is 1. The van der Waals surface area contributed by atoms with Crippen LogP contribution in [0.1, 0.15) is 66.9 Å². The molecule has 2 aliphatic rings. The fourth-order valence-electron chi connectivity index (χ4n) is 4.79. The minimum Gasteiger partial charge on any atom is -0.458 e. The standard InChI is InChI=1S/C27H25N7O4S/c1-3-10-38-26(37)19-6-7-20-18(15(19)2)8-9-21(20)32-25(36)23-11-22(33-27-30-14-31-34(23)27)24(35)29-13-17-5-4-16(12-28)39-17/h3-4,6-7,11,14,17,21H,1,5,8-10,13H2,2H3,(H,29,35)(H,32,36)/t17?,21-/m0/s1. The maximum atomic E-state index is 13.4. The van der Waals surface area contributed by atoms with Crippen molar-refractivity contribution < 1.29 is 19.1 Å². The molecule has 11 nitrogen and oxygen atoms in total. The summed E-state index contributed by atoms with van der Waals surface area (Å²) in [5, 5.41) is 19.1. The van der Waals surface area contributed by atoms with Crippen molar-refractivity contribution in [3.05, 3.63) is 81.8 Å². The average Bonchev–Trinajstić information content (AvgIpc) is 3.70. The van der Waals surface area contributed by atoms with Crippen molar-refractivity contribution in [2.75, 3.05) is 13.2 Å². The molecule has 1 aliphatic heterocycles. The van der Waals surface area contributed by atoms with Gasteiger partial charge in [0.25, 0.3) is 17.6 Å². The Balaban J connectivity index is 1.32. The summed E-state index contributed by atoms with van der Waals surface area (Å²) in [6.45, 7) is 5.93. The van der Waals surface area contributed by atoms with E-state index in [9.17, 15) is 14.4 Å². The van der Waals surface area contributed by atoms with Gasteiger partial charge in [-0.05, 0) is 48.9 Å². The number of rotatable bonds is 8. The molecular formula is C27H25N7O4S. The van der Waals surface area contributed by atoms with Crippen LogP contribution >= 0.6 is 11.8 Å². The van der Waals surface area contributed by atoms with Crippen LogP contribution in [0.25, 0.3) is 5.78 Å². The van der Waals surface area contributed by atoms with Crippen LogP contribution in [0, 0.1) is 18.3 Å². The summed E-state index contributed by atoms with van der Waals surface area (Å²) in [6.07, 6.45) is 6.68. The third-order valence-corrected chi connectivity index (χ3v) is 7.93. The van der Waals surface area contributed by atoms with Gasteiger partial charge in [-0.25, -0.2) is 9.78 Å². The number of ether oxygens (including phenoxy) is 1. The Labute approximate surface area is 228 Å². The van der Waals surface area contributed by atoms with Gasteiger partial charge in [0.1, 0.15) is 30.4 Å². The van der Waals surface area contributed by atoms with Crippen LogP contribution in [-0.4, -0.2) is 55.8 Å². The Hall–Kier alpha value is -4.50. The number of benzene rings is 1. The zero-order valence-corrected chi connectivity index (χ0v) is 22.0. The third kappa shape index (κ3) is 5.26. The Morgan fingerprint density at radius 1 is 1.33 bits per heavy atom. The fourth-order valence-corrected chi connectivity index (χ4v) is 5.76. The van der Waals surface area contributed by atoms with Gasteiger partial charge in [-0.2, -0.15) is 19.9 Å². The van der Waals surface area contributed by atoms with Crippen molar-refractivity contribution in [1.82, 2.24) is 30.2 Å². The number of fused-ring (bicyclic) bond motifs is 2. The number of aromatic nitrogens is 4. The lowest BCUT2D eigenvalue weighted by atomic mass is 9.98. The highest BCUT2D eigenvalue weighted by Gasteiger charge is 2.29. The lowest BCUT2D eigenvalue weighted by molar-refractivity contribution is 0.0548. The predicted molar refractivity (Wildman–Crippen MR) is 143 cm³/mol. The quantitative estimate of drug-likeness (QED) is 0.323. The molecule has 198 valence electrons. The lowest BCUT2D eigenvalue weighted by Gasteiger charge is -2.16. The smallest absolute Gasteiger partial charge is 0.338 e. The van der Waals surface area contributed by atoms with Gasteiger partial charge < -0.3 is 15.4 Å². The van der Waals surface area contributed by atoms with Crippen LogP contribution in [0.15, 0.2) is 48.2 Å². The van der Waals surface area contributed by atoms with E-state index < -0.39 is 17.8 Å². The van der Waals surface area contributed by atoms with Gasteiger partial charge in [-0.15, -0.1) is 11.8 Å². The second-order valence-electron chi connectivity index (χ2n) is 9.12. The van der Waals surface area contributed by atoms with Crippen LogP contribution in [-0.2, 0) is 11.2 Å². The normalized spacial score (nSPS) is 17.7. The monoisotopic (exact) mass is 543 g/mol. The molecule has 2 atom stereocenters. The van der Waals surface area contributed by atoms with Crippen LogP contribution in [0.4, 0.5) is 0 Å². The van der Waals surface area contributed by atoms with E-state index in [1.807, 2.05) is 19.1 Å². The third-order valence-electron chi connectivity index (χ3n) is 6.73. The highest BCUT2D eigenvalue weighted by Crippen LogP contribution is 2.35. The molecule has 2 aromatic heterocycles. The number of carbonyl (C=O) groups is 3. The zero-order chi connectivity index (χ0) is 27.5. The van der Waals surface area contributed by atoms with Crippen LogP contribution < -0.4 is 10.6 Å². The van der Waals surface area contributed by atoms with E-state index in [4.69, 9.17) is 10.00 Å².